The van der Waals surface area contributed by atoms with Gasteiger partial charge in [-0.2, -0.15) is 0 Å². The number of amides is 2. The van der Waals surface area contributed by atoms with Gasteiger partial charge in [0.1, 0.15) is 0 Å². The lowest BCUT2D eigenvalue weighted by Crippen LogP contribution is -2.43. The Labute approximate surface area is 125 Å². The van der Waals surface area contributed by atoms with E-state index in [0.717, 1.165) is 31.5 Å². The van der Waals surface area contributed by atoms with E-state index in [-0.39, 0.29) is 6.04 Å². The van der Waals surface area contributed by atoms with Crippen molar-refractivity contribution in [2.75, 3.05) is 19.6 Å². The van der Waals surface area contributed by atoms with Crippen LogP contribution in [-0.4, -0.2) is 31.4 Å². The SMILES string of the molecule is C[C@@H](NC(=O)C(=O)NCC1CCNCC1)c1ccccc1. The second-order valence-electron chi connectivity index (χ2n) is 5.51. The van der Waals surface area contributed by atoms with Crippen LogP contribution in [-0.2, 0) is 9.59 Å². The molecule has 0 aromatic heterocycles. The van der Waals surface area contributed by atoms with Gasteiger partial charge in [-0.25, -0.2) is 0 Å². The molecule has 1 saturated heterocycles. The highest BCUT2D eigenvalue weighted by molar-refractivity contribution is 6.35. The maximum Gasteiger partial charge on any atom is 0.309 e. The van der Waals surface area contributed by atoms with Gasteiger partial charge in [-0.1, -0.05) is 30.3 Å². The van der Waals surface area contributed by atoms with Crippen molar-refractivity contribution in [3.8, 4) is 0 Å². The minimum absolute atomic E-state index is 0.177. The lowest BCUT2D eigenvalue weighted by Gasteiger charge is -2.22. The summed E-state index contributed by atoms with van der Waals surface area (Å²) in [7, 11) is 0. The minimum atomic E-state index is -0.569. The Morgan fingerprint density at radius 3 is 2.52 bits per heavy atom. The summed E-state index contributed by atoms with van der Waals surface area (Å²) >= 11 is 0. The fraction of sp³-hybridized carbons (Fsp3) is 0.500. The van der Waals surface area contributed by atoms with E-state index in [1.807, 2.05) is 37.3 Å². The number of nitrogens with one attached hydrogen (secondary N) is 3. The molecule has 1 heterocycles. The third kappa shape index (κ3) is 4.86. The molecule has 1 aliphatic heterocycles. The molecule has 0 unspecified atom stereocenters. The highest BCUT2D eigenvalue weighted by Gasteiger charge is 2.19. The number of benzene rings is 1. The molecule has 1 aromatic carbocycles. The van der Waals surface area contributed by atoms with E-state index < -0.39 is 11.8 Å². The lowest BCUT2D eigenvalue weighted by molar-refractivity contribution is -0.139. The maximum atomic E-state index is 11.9. The van der Waals surface area contributed by atoms with Crippen LogP contribution < -0.4 is 16.0 Å². The second kappa shape index (κ2) is 7.78. The molecule has 2 amide bonds. The van der Waals surface area contributed by atoms with Gasteiger partial charge in [-0.15, -0.1) is 0 Å². The number of rotatable bonds is 4. The van der Waals surface area contributed by atoms with Crippen LogP contribution in [0.15, 0.2) is 30.3 Å². The van der Waals surface area contributed by atoms with Crippen molar-refractivity contribution >= 4 is 11.8 Å². The first-order valence-corrected chi connectivity index (χ1v) is 7.51. The first kappa shape index (κ1) is 15.5. The Morgan fingerprint density at radius 1 is 1.19 bits per heavy atom. The average Bonchev–Trinajstić information content (AvgIpc) is 2.54. The van der Waals surface area contributed by atoms with E-state index >= 15 is 0 Å². The predicted molar refractivity (Wildman–Crippen MR) is 81.6 cm³/mol. The molecule has 114 valence electrons. The van der Waals surface area contributed by atoms with Crippen LogP contribution in [0, 0.1) is 5.92 Å². The Bertz CT molecular complexity index is 470. The molecule has 0 saturated carbocycles. The lowest BCUT2D eigenvalue weighted by atomic mass is 9.98. The van der Waals surface area contributed by atoms with E-state index in [9.17, 15) is 9.59 Å². The minimum Gasteiger partial charge on any atom is -0.348 e. The Hall–Kier alpha value is -1.88. The summed E-state index contributed by atoms with van der Waals surface area (Å²) in [4.78, 5) is 23.7. The fourth-order valence-electron chi connectivity index (χ4n) is 2.49. The van der Waals surface area contributed by atoms with Crippen LogP contribution in [0.25, 0.3) is 0 Å². The zero-order valence-electron chi connectivity index (χ0n) is 12.4. The van der Waals surface area contributed by atoms with Crippen molar-refractivity contribution in [2.24, 2.45) is 5.92 Å². The predicted octanol–water partition coefficient (Wildman–Crippen LogP) is 0.980. The third-order valence-electron chi connectivity index (χ3n) is 3.86. The molecule has 0 radical (unpaired) electrons. The summed E-state index contributed by atoms with van der Waals surface area (Å²) in [6.45, 7) is 4.41. The van der Waals surface area contributed by atoms with Crippen LogP contribution in [0.3, 0.4) is 0 Å². The van der Waals surface area contributed by atoms with Gasteiger partial charge in [0.25, 0.3) is 0 Å². The standard InChI is InChI=1S/C16H23N3O2/c1-12(14-5-3-2-4-6-14)19-16(21)15(20)18-11-13-7-9-17-10-8-13/h2-6,12-13,17H,7-11H2,1H3,(H,18,20)(H,19,21)/t12-/m1/s1. The van der Waals surface area contributed by atoms with Crippen molar-refractivity contribution in [3.63, 3.8) is 0 Å². The van der Waals surface area contributed by atoms with E-state index in [4.69, 9.17) is 0 Å². The van der Waals surface area contributed by atoms with Crippen LogP contribution >= 0.6 is 0 Å². The zero-order chi connectivity index (χ0) is 15.1. The Balaban J connectivity index is 1.75. The van der Waals surface area contributed by atoms with Crippen molar-refractivity contribution in [3.05, 3.63) is 35.9 Å². The first-order chi connectivity index (χ1) is 10.2. The van der Waals surface area contributed by atoms with Gasteiger partial charge in [-0.3, -0.25) is 9.59 Å². The highest BCUT2D eigenvalue weighted by Crippen LogP contribution is 2.11. The highest BCUT2D eigenvalue weighted by atomic mass is 16.2. The molecule has 0 spiro atoms. The van der Waals surface area contributed by atoms with Gasteiger partial charge in [-0.05, 0) is 44.3 Å². The molecule has 21 heavy (non-hydrogen) atoms. The van der Waals surface area contributed by atoms with Gasteiger partial charge in [0.05, 0.1) is 6.04 Å². The summed E-state index contributed by atoms with van der Waals surface area (Å²) in [5.41, 5.74) is 0.983. The van der Waals surface area contributed by atoms with Crippen LogP contribution in [0.1, 0.15) is 31.4 Å². The first-order valence-electron chi connectivity index (χ1n) is 7.51. The number of carbonyl (C=O) groups is 2. The van der Waals surface area contributed by atoms with Gasteiger partial charge in [0.2, 0.25) is 0 Å². The van der Waals surface area contributed by atoms with Crippen LogP contribution in [0.2, 0.25) is 0 Å². The van der Waals surface area contributed by atoms with E-state index in [1.165, 1.54) is 0 Å². The summed E-state index contributed by atoms with van der Waals surface area (Å²) < 4.78 is 0. The van der Waals surface area contributed by atoms with Crippen molar-refractivity contribution in [1.82, 2.24) is 16.0 Å². The van der Waals surface area contributed by atoms with E-state index in [1.54, 1.807) is 0 Å². The molecule has 1 atom stereocenters. The van der Waals surface area contributed by atoms with Crippen molar-refractivity contribution < 1.29 is 9.59 Å². The normalized spacial score (nSPS) is 17.0. The van der Waals surface area contributed by atoms with Crippen LogP contribution in [0.4, 0.5) is 0 Å². The molecule has 1 aliphatic rings. The maximum absolute atomic E-state index is 11.9. The third-order valence-corrected chi connectivity index (χ3v) is 3.86. The molecule has 5 nitrogen and oxygen atoms in total. The van der Waals surface area contributed by atoms with Gasteiger partial charge >= 0.3 is 11.8 Å². The largest absolute Gasteiger partial charge is 0.348 e. The number of carbonyl (C=O) groups excluding carboxylic acids is 2. The quantitative estimate of drug-likeness (QED) is 0.724. The number of piperidine rings is 1. The number of hydrogen-bond acceptors (Lipinski definition) is 3. The molecule has 1 aromatic rings. The average molecular weight is 289 g/mol. The van der Waals surface area contributed by atoms with Crippen LogP contribution in [0.5, 0.6) is 0 Å². The molecule has 3 N–H and O–H groups in total. The van der Waals surface area contributed by atoms with Crippen molar-refractivity contribution in [1.29, 1.82) is 0 Å². The number of hydrogen-bond donors (Lipinski definition) is 3. The summed E-state index contributed by atoms with van der Waals surface area (Å²) in [5, 5.41) is 8.73. The molecule has 0 bridgehead atoms. The van der Waals surface area contributed by atoms with Crippen molar-refractivity contribution in [2.45, 2.75) is 25.8 Å². The Morgan fingerprint density at radius 2 is 1.86 bits per heavy atom. The zero-order valence-corrected chi connectivity index (χ0v) is 12.4. The molecule has 2 rings (SSSR count). The van der Waals surface area contributed by atoms with E-state index in [0.29, 0.717) is 12.5 Å². The Kier molecular flexibility index (Phi) is 5.75. The molecular weight excluding hydrogens is 266 g/mol. The van der Waals surface area contributed by atoms with Gasteiger partial charge in [0.15, 0.2) is 0 Å². The topological polar surface area (TPSA) is 70.2 Å². The molecule has 5 heteroatoms. The summed E-state index contributed by atoms with van der Waals surface area (Å²) in [5.74, 6) is -0.647. The molecular formula is C16H23N3O2. The smallest absolute Gasteiger partial charge is 0.309 e. The molecule has 0 aliphatic carbocycles. The summed E-state index contributed by atoms with van der Waals surface area (Å²) in [6.07, 6.45) is 2.09. The van der Waals surface area contributed by atoms with Gasteiger partial charge < -0.3 is 16.0 Å². The molecule has 1 fully saturated rings. The monoisotopic (exact) mass is 289 g/mol. The van der Waals surface area contributed by atoms with E-state index in [2.05, 4.69) is 16.0 Å². The summed E-state index contributed by atoms with van der Waals surface area (Å²) in [6, 6.07) is 9.42. The van der Waals surface area contributed by atoms with Gasteiger partial charge in [0, 0.05) is 6.54 Å². The second-order valence-corrected chi connectivity index (χ2v) is 5.51. The fourth-order valence-corrected chi connectivity index (χ4v) is 2.49.